The third kappa shape index (κ3) is 2.62. The molecule has 0 aliphatic heterocycles. The Balaban J connectivity index is 2.23. The van der Waals surface area contributed by atoms with Crippen LogP contribution in [0.2, 0.25) is 0 Å². The second-order valence-electron chi connectivity index (χ2n) is 4.73. The molecule has 0 amide bonds. The fraction of sp³-hybridized carbons (Fsp3) is 0.538. The minimum atomic E-state index is 0.569. The van der Waals surface area contributed by atoms with Gasteiger partial charge in [0.25, 0.3) is 0 Å². The highest BCUT2D eigenvalue weighted by Gasteiger charge is 2.12. The molecule has 0 saturated heterocycles. The van der Waals surface area contributed by atoms with E-state index < -0.39 is 0 Å². The van der Waals surface area contributed by atoms with Crippen molar-refractivity contribution in [3.05, 3.63) is 16.8 Å². The molecular formula is C13H20N4S. The predicted octanol–water partition coefficient (Wildman–Crippen LogP) is 2.58. The van der Waals surface area contributed by atoms with Gasteiger partial charge in [-0.3, -0.25) is 0 Å². The molecule has 98 valence electrons. The van der Waals surface area contributed by atoms with E-state index in [4.69, 9.17) is 0 Å². The molecule has 0 saturated carbocycles. The maximum absolute atomic E-state index is 4.38. The molecule has 2 aromatic heterocycles. The number of nitrogens with zero attached hydrogens (tertiary/aromatic N) is 2. The van der Waals surface area contributed by atoms with Gasteiger partial charge in [0.15, 0.2) is 0 Å². The molecule has 0 radical (unpaired) electrons. The van der Waals surface area contributed by atoms with Crippen LogP contribution in [0.4, 0.5) is 5.82 Å². The second-order valence-corrected chi connectivity index (χ2v) is 5.93. The first kappa shape index (κ1) is 13.2. The van der Waals surface area contributed by atoms with E-state index in [0.717, 1.165) is 23.7 Å². The Hall–Kier alpha value is -1.20. The van der Waals surface area contributed by atoms with E-state index in [2.05, 4.69) is 41.4 Å². The zero-order chi connectivity index (χ0) is 13.1. The van der Waals surface area contributed by atoms with Crippen LogP contribution in [0.25, 0.3) is 10.2 Å². The highest BCUT2D eigenvalue weighted by molar-refractivity contribution is 7.18. The zero-order valence-corrected chi connectivity index (χ0v) is 12.2. The van der Waals surface area contributed by atoms with Crippen molar-refractivity contribution in [2.45, 2.75) is 20.8 Å². The summed E-state index contributed by atoms with van der Waals surface area (Å²) in [5.74, 6) is 1.53. The van der Waals surface area contributed by atoms with E-state index in [1.165, 1.54) is 15.8 Å². The molecule has 0 aliphatic carbocycles. The highest BCUT2D eigenvalue weighted by atomic mass is 32.1. The van der Waals surface area contributed by atoms with Crippen molar-refractivity contribution in [3.8, 4) is 0 Å². The maximum atomic E-state index is 4.38. The number of aryl methyl sites for hydroxylation is 2. The number of nitrogens with one attached hydrogen (secondary N) is 2. The van der Waals surface area contributed by atoms with Gasteiger partial charge in [0.1, 0.15) is 17.0 Å². The van der Waals surface area contributed by atoms with Crippen LogP contribution in [-0.4, -0.2) is 30.1 Å². The molecule has 4 nitrogen and oxygen atoms in total. The van der Waals surface area contributed by atoms with E-state index in [1.807, 2.05) is 7.05 Å². The third-order valence-corrected chi connectivity index (χ3v) is 4.25. The van der Waals surface area contributed by atoms with Gasteiger partial charge in [0.05, 0.1) is 5.39 Å². The van der Waals surface area contributed by atoms with Crippen LogP contribution in [0, 0.1) is 19.8 Å². The van der Waals surface area contributed by atoms with Crippen LogP contribution < -0.4 is 10.6 Å². The molecule has 2 aromatic rings. The van der Waals surface area contributed by atoms with Crippen molar-refractivity contribution in [2.24, 2.45) is 5.92 Å². The summed E-state index contributed by atoms with van der Waals surface area (Å²) >= 11 is 1.73. The molecule has 0 fully saturated rings. The predicted molar refractivity (Wildman–Crippen MR) is 78.5 cm³/mol. The van der Waals surface area contributed by atoms with Crippen LogP contribution in [0.1, 0.15) is 17.4 Å². The SMILES string of the molecule is CNCC(C)CNc1ncnc2sc(C)c(C)c12. The van der Waals surface area contributed by atoms with E-state index in [9.17, 15) is 0 Å². The van der Waals surface area contributed by atoms with Crippen LogP contribution in [-0.2, 0) is 0 Å². The van der Waals surface area contributed by atoms with Gasteiger partial charge in [0, 0.05) is 11.4 Å². The minimum Gasteiger partial charge on any atom is -0.369 e. The van der Waals surface area contributed by atoms with Crippen LogP contribution in [0.3, 0.4) is 0 Å². The van der Waals surface area contributed by atoms with Crippen molar-refractivity contribution >= 4 is 27.4 Å². The lowest BCUT2D eigenvalue weighted by Crippen LogP contribution is -2.23. The average Bonchev–Trinajstić information content (AvgIpc) is 2.64. The molecule has 1 unspecified atom stereocenters. The highest BCUT2D eigenvalue weighted by Crippen LogP contribution is 2.32. The van der Waals surface area contributed by atoms with Crippen molar-refractivity contribution in [1.82, 2.24) is 15.3 Å². The van der Waals surface area contributed by atoms with Crippen LogP contribution in [0.5, 0.6) is 0 Å². The summed E-state index contributed by atoms with van der Waals surface area (Å²) in [6.07, 6.45) is 1.64. The summed E-state index contributed by atoms with van der Waals surface area (Å²) < 4.78 is 0. The Morgan fingerprint density at radius 2 is 2.06 bits per heavy atom. The summed E-state index contributed by atoms with van der Waals surface area (Å²) in [4.78, 5) is 11.1. The quantitative estimate of drug-likeness (QED) is 0.871. The number of rotatable bonds is 5. The Labute approximate surface area is 112 Å². The van der Waals surface area contributed by atoms with Crippen molar-refractivity contribution in [2.75, 3.05) is 25.5 Å². The van der Waals surface area contributed by atoms with Gasteiger partial charge in [-0.15, -0.1) is 11.3 Å². The summed E-state index contributed by atoms with van der Waals surface area (Å²) in [6, 6.07) is 0. The molecule has 0 aliphatic rings. The fourth-order valence-electron chi connectivity index (χ4n) is 2.01. The Morgan fingerprint density at radius 3 is 2.78 bits per heavy atom. The Morgan fingerprint density at radius 1 is 1.28 bits per heavy atom. The largest absolute Gasteiger partial charge is 0.369 e. The monoisotopic (exact) mass is 264 g/mol. The normalized spacial score (nSPS) is 12.9. The zero-order valence-electron chi connectivity index (χ0n) is 11.4. The van der Waals surface area contributed by atoms with Gasteiger partial charge < -0.3 is 10.6 Å². The smallest absolute Gasteiger partial charge is 0.138 e. The van der Waals surface area contributed by atoms with Crippen molar-refractivity contribution in [1.29, 1.82) is 0 Å². The second kappa shape index (κ2) is 5.63. The van der Waals surface area contributed by atoms with E-state index in [-0.39, 0.29) is 0 Å². The van der Waals surface area contributed by atoms with E-state index >= 15 is 0 Å². The number of thiophene rings is 1. The first-order valence-corrected chi connectivity index (χ1v) is 7.04. The van der Waals surface area contributed by atoms with Crippen molar-refractivity contribution < 1.29 is 0 Å². The van der Waals surface area contributed by atoms with Gasteiger partial charge in [-0.2, -0.15) is 0 Å². The third-order valence-electron chi connectivity index (χ3n) is 3.14. The summed E-state index contributed by atoms with van der Waals surface area (Å²) in [6.45, 7) is 8.41. The summed E-state index contributed by atoms with van der Waals surface area (Å²) in [7, 11) is 1.98. The molecular weight excluding hydrogens is 244 g/mol. The lowest BCUT2D eigenvalue weighted by Gasteiger charge is -2.13. The lowest BCUT2D eigenvalue weighted by molar-refractivity contribution is 0.569. The van der Waals surface area contributed by atoms with Gasteiger partial charge in [-0.1, -0.05) is 6.92 Å². The Kier molecular flexibility index (Phi) is 4.14. The number of hydrogen-bond acceptors (Lipinski definition) is 5. The Bertz CT molecular complexity index is 535. The maximum Gasteiger partial charge on any atom is 0.138 e. The van der Waals surface area contributed by atoms with Crippen LogP contribution >= 0.6 is 11.3 Å². The fourth-order valence-corrected chi connectivity index (χ4v) is 3.00. The first-order valence-electron chi connectivity index (χ1n) is 6.22. The number of fused-ring (bicyclic) bond motifs is 1. The van der Waals surface area contributed by atoms with Crippen LogP contribution in [0.15, 0.2) is 6.33 Å². The number of anilines is 1. The van der Waals surface area contributed by atoms with Gasteiger partial charge >= 0.3 is 0 Å². The van der Waals surface area contributed by atoms with Gasteiger partial charge in [-0.25, -0.2) is 9.97 Å². The standard InChI is InChI=1S/C13H20N4S/c1-8(5-14-4)6-15-12-11-9(2)10(3)18-13(11)17-7-16-12/h7-8,14H,5-6H2,1-4H3,(H,15,16,17). The van der Waals surface area contributed by atoms with Gasteiger partial charge in [0.2, 0.25) is 0 Å². The molecule has 5 heteroatoms. The molecule has 1 atom stereocenters. The first-order chi connectivity index (χ1) is 8.63. The van der Waals surface area contributed by atoms with Gasteiger partial charge in [-0.05, 0) is 38.9 Å². The minimum absolute atomic E-state index is 0.569. The molecule has 18 heavy (non-hydrogen) atoms. The molecule has 2 rings (SSSR count). The summed E-state index contributed by atoms with van der Waals surface area (Å²) in [5.41, 5.74) is 1.29. The molecule has 0 aromatic carbocycles. The van der Waals surface area contributed by atoms with E-state index in [0.29, 0.717) is 5.92 Å². The number of hydrogen-bond donors (Lipinski definition) is 2. The summed E-state index contributed by atoms with van der Waals surface area (Å²) in [5, 5.41) is 7.81. The molecule has 2 heterocycles. The molecule has 2 N–H and O–H groups in total. The number of aromatic nitrogens is 2. The topological polar surface area (TPSA) is 49.8 Å². The molecule has 0 bridgehead atoms. The molecule has 0 spiro atoms. The lowest BCUT2D eigenvalue weighted by atomic mass is 10.1. The average molecular weight is 264 g/mol. The van der Waals surface area contributed by atoms with Crippen molar-refractivity contribution in [3.63, 3.8) is 0 Å². The van der Waals surface area contributed by atoms with E-state index in [1.54, 1.807) is 17.7 Å².